The number of pyridine rings is 1. The van der Waals surface area contributed by atoms with Gasteiger partial charge in [-0.05, 0) is 68.2 Å². The monoisotopic (exact) mass is 602 g/mol. The zero-order chi connectivity index (χ0) is 30.5. The summed E-state index contributed by atoms with van der Waals surface area (Å²) in [4.78, 5) is 5.36. The number of hydrogen-bond donors (Lipinski definition) is 0. The van der Waals surface area contributed by atoms with Gasteiger partial charge in [0.1, 0.15) is 0 Å². The highest BCUT2D eigenvalue weighted by atomic mass is 32.1. The average Bonchev–Trinajstić information content (AvgIpc) is 3.66. The van der Waals surface area contributed by atoms with Gasteiger partial charge in [-0.1, -0.05) is 91.0 Å². The summed E-state index contributed by atoms with van der Waals surface area (Å²) in [6.45, 7) is 8.36. The van der Waals surface area contributed by atoms with Crippen molar-refractivity contribution >= 4 is 76.8 Å². The van der Waals surface area contributed by atoms with Gasteiger partial charge in [-0.3, -0.25) is 0 Å². The first-order chi connectivity index (χ1) is 21.8. The van der Waals surface area contributed by atoms with Crippen molar-refractivity contribution in [3.8, 4) is 16.9 Å². The fourth-order valence-corrected chi connectivity index (χ4v) is 8.07. The summed E-state index contributed by atoms with van der Waals surface area (Å²) < 4.78 is 17.7. The van der Waals surface area contributed by atoms with Crippen molar-refractivity contribution in [2.24, 2.45) is 0 Å². The van der Waals surface area contributed by atoms with Gasteiger partial charge in [-0.15, -0.1) is 11.3 Å². The number of thiophene rings is 1. The molecular formula is C39H31BN2O2S. The van der Waals surface area contributed by atoms with Gasteiger partial charge in [0.25, 0.3) is 0 Å². The van der Waals surface area contributed by atoms with E-state index in [1.54, 1.807) is 0 Å². The number of hydrogen-bond acceptors (Lipinski definition) is 4. The summed E-state index contributed by atoms with van der Waals surface area (Å²) in [6.07, 6.45) is 0. The molecule has 0 radical (unpaired) electrons. The van der Waals surface area contributed by atoms with Crippen LogP contribution in [0.15, 0.2) is 115 Å². The lowest BCUT2D eigenvalue weighted by atomic mass is 9.78. The third kappa shape index (κ3) is 3.96. The summed E-state index contributed by atoms with van der Waals surface area (Å²) in [5.74, 6) is 0. The van der Waals surface area contributed by atoms with E-state index < -0.39 is 7.12 Å². The van der Waals surface area contributed by atoms with E-state index in [0.29, 0.717) is 0 Å². The molecule has 4 nitrogen and oxygen atoms in total. The second kappa shape index (κ2) is 9.51. The minimum absolute atomic E-state index is 0.388. The van der Waals surface area contributed by atoms with Gasteiger partial charge in [-0.2, -0.15) is 0 Å². The van der Waals surface area contributed by atoms with Crippen molar-refractivity contribution in [1.29, 1.82) is 0 Å². The molecule has 1 fully saturated rings. The molecule has 0 saturated carbocycles. The molecule has 45 heavy (non-hydrogen) atoms. The van der Waals surface area contributed by atoms with E-state index in [-0.39, 0.29) is 11.2 Å². The Morgan fingerprint density at radius 1 is 0.667 bits per heavy atom. The van der Waals surface area contributed by atoms with E-state index in [1.807, 2.05) is 11.3 Å². The van der Waals surface area contributed by atoms with E-state index in [4.69, 9.17) is 14.3 Å². The topological polar surface area (TPSA) is 36.3 Å². The molecule has 5 aromatic carbocycles. The quantitative estimate of drug-likeness (QED) is 0.189. The third-order valence-corrected chi connectivity index (χ3v) is 11.1. The molecule has 218 valence electrons. The van der Waals surface area contributed by atoms with Crippen molar-refractivity contribution < 1.29 is 9.31 Å². The standard InChI is InChI=1S/C39H31BN2O2S/c1-38(2)39(3,4)44-40(43-38)27-20-17-25(18-21-27)34-33-35-37(45-36(33)29-13-7-9-15-31(29)41-34)30-14-8-10-16-32(30)42(35)28-22-19-24-11-5-6-12-26(24)23-28/h5-23H,1-4H3. The van der Waals surface area contributed by atoms with Crippen LogP contribution in [0.3, 0.4) is 0 Å². The van der Waals surface area contributed by atoms with Crippen LogP contribution in [0.5, 0.6) is 0 Å². The van der Waals surface area contributed by atoms with E-state index in [1.165, 1.54) is 47.4 Å². The highest BCUT2D eigenvalue weighted by Crippen LogP contribution is 2.47. The summed E-state index contributed by atoms with van der Waals surface area (Å²) >= 11 is 1.87. The normalized spacial score (nSPS) is 16.1. The van der Waals surface area contributed by atoms with Gasteiger partial charge in [0, 0.05) is 32.1 Å². The van der Waals surface area contributed by atoms with E-state index in [0.717, 1.165) is 27.9 Å². The Morgan fingerprint density at radius 2 is 1.33 bits per heavy atom. The molecule has 1 aliphatic rings. The Hall–Kier alpha value is -4.49. The summed E-state index contributed by atoms with van der Waals surface area (Å²) in [6, 6.07) is 41.2. The SMILES string of the molecule is CC1(C)OB(c2ccc(-c3nc4ccccc4c4sc5c6ccccc6n(-c6ccc7ccccc7c6)c5c34)cc2)OC1(C)C. The lowest BCUT2D eigenvalue weighted by Gasteiger charge is -2.32. The predicted octanol–water partition coefficient (Wildman–Crippen LogP) is 9.67. The van der Waals surface area contributed by atoms with Crippen LogP contribution in [0.2, 0.25) is 0 Å². The first kappa shape index (κ1) is 26.9. The lowest BCUT2D eigenvalue weighted by molar-refractivity contribution is 0.00578. The Balaban J connectivity index is 1.32. The molecule has 0 amide bonds. The number of benzene rings is 5. The van der Waals surface area contributed by atoms with Gasteiger partial charge in [0.15, 0.2) is 0 Å². The maximum Gasteiger partial charge on any atom is 0.494 e. The highest BCUT2D eigenvalue weighted by Gasteiger charge is 2.51. The van der Waals surface area contributed by atoms with Gasteiger partial charge in [0.05, 0.1) is 38.1 Å². The Kier molecular flexibility index (Phi) is 5.68. The molecule has 1 saturated heterocycles. The van der Waals surface area contributed by atoms with Crippen molar-refractivity contribution in [3.63, 3.8) is 0 Å². The Bertz CT molecular complexity index is 2440. The number of nitrogens with zero attached hydrogens (tertiary/aromatic N) is 2. The number of para-hydroxylation sites is 2. The molecule has 8 aromatic rings. The molecular weight excluding hydrogens is 571 g/mol. The van der Waals surface area contributed by atoms with Gasteiger partial charge in [-0.25, -0.2) is 4.98 Å². The number of aromatic nitrogens is 2. The van der Waals surface area contributed by atoms with Crippen LogP contribution >= 0.6 is 11.3 Å². The predicted molar refractivity (Wildman–Crippen MR) is 190 cm³/mol. The fraction of sp³-hybridized carbons (Fsp3) is 0.154. The smallest absolute Gasteiger partial charge is 0.399 e. The van der Waals surface area contributed by atoms with Crippen molar-refractivity contribution in [2.45, 2.75) is 38.9 Å². The summed E-state index contributed by atoms with van der Waals surface area (Å²) in [5, 5.41) is 6.08. The number of fused-ring (bicyclic) bond motifs is 8. The van der Waals surface area contributed by atoms with Crippen molar-refractivity contribution in [1.82, 2.24) is 9.55 Å². The second-order valence-corrected chi connectivity index (χ2v) is 14.1. The molecule has 3 aromatic heterocycles. The molecule has 1 aliphatic heterocycles. The number of rotatable bonds is 3. The molecule has 9 rings (SSSR count). The van der Waals surface area contributed by atoms with E-state index in [2.05, 4.69) is 148 Å². The average molecular weight is 603 g/mol. The first-order valence-corrected chi connectivity index (χ1v) is 16.3. The van der Waals surface area contributed by atoms with Crippen LogP contribution in [0, 0.1) is 0 Å². The lowest BCUT2D eigenvalue weighted by Crippen LogP contribution is -2.41. The van der Waals surface area contributed by atoms with Crippen LogP contribution in [0.4, 0.5) is 0 Å². The zero-order valence-electron chi connectivity index (χ0n) is 25.7. The van der Waals surface area contributed by atoms with Crippen molar-refractivity contribution in [3.05, 3.63) is 115 Å². The molecule has 0 aliphatic carbocycles. The maximum atomic E-state index is 6.36. The zero-order valence-corrected chi connectivity index (χ0v) is 26.5. The molecule has 0 N–H and O–H groups in total. The van der Waals surface area contributed by atoms with Crippen LogP contribution in [-0.4, -0.2) is 27.9 Å². The van der Waals surface area contributed by atoms with Gasteiger partial charge >= 0.3 is 7.12 Å². The highest BCUT2D eigenvalue weighted by molar-refractivity contribution is 7.27. The largest absolute Gasteiger partial charge is 0.494 e. The molecule has 4 heterocycles. The van der Waals surface area contributed by atoms with Crippen molar-refractivity contribution in [2.75, 3.05) is 0 Å². The maximum absolute atomic E-state index is 6.36. The molecule has 0 bridgehead atoms. The van der Waals surface area contributed by atoms with Crippen LogP contribution in [0.1, 0.15) is 27.7 Å². The van der Waals surface area contributed by atoms with E-state index >= 15 is 0 Å². The van der Waals surface area contributed by atoms with Gasteiger partial charge in [0.2, 0.25) is 0 Å². The van der Waals surface area contributed by atoms with Crippen LogP contribution < -0.4 is 5.46 Å². The summed E-state index contributed by atoms with van der Waals surface area (Å²) in [7, 11) is -0.406. The minimum atomic E-state index is -0.406. The fourth-order valence-electron chi connectivity index (χ4n) is 6.72. The molecule has 0 atom stereocenters. The van der Waals surface area contributed by atoms with Crippen LogP contribution in [-0.2, 0) is 9.31 Å². The molecule has 0 unspecified atom stereocenters. The Morgan fingerprint density at radius 3 is 2.11 bits per heavy atom. The Labute approximate surface area is 266 Å². The third-order valence-electron chi connectivity index (χ3n) is 9.81. The first-order valence-electron chi connectivity index (χ1n) is 15.5. The molecule has 6 heteroatoms. The van der Waals surface area contributed by atoms with Crippen LogP contribution in [0.25, 0.3) is 69.8 Å². The van der Waals surface area contributed by atoms with E-state index in [9.17, 15) is 0 Å². The minimum Gasteiger partial charge on any atom is -0.399 e. The second-order valence-electron chi connectivity index (χ2n) is 13.1. The van der Waals surface area contributed by atoms with Gasteiger partial charge < -0.3 is 13.9 Å². The summed E-state index contributed by atoms with van der Waals surface area (Å²) in [5.41, 5.74) is 6.84. The molecule has 0 spiro atoms.